The molecule has 0 aliphatic heterocycles. The molecule has 0 saturated carbocycles. The fourth-order valence-corrected chi connectivity index (χ4v) is 3.87. The van der Waals surface area contributed by atoms with E-state index in [0.29, 0.717) is 19.5 Å². The van der Waals surface area contributed by atoms with Crippen molar-refractivity contribution in [1.29, 1.82) is 0 Å². The van der Waals surface area contributed by atoms with Crippen LogP contribution in [0, 0.1) is 13.8 Å². The number of carbonyl (C=O) groups is 2. The van der Waals surface area contributed by atoms with Crippen molar-refractivity contribution in [3.63, 3.8) is 0 Å². The Morgan fingerprint density at radius 1 is 0.848 bits per heavy atom. The first-order valence-corrected chi connectivity index (χ1v) is 11.7. The highest BCUT2D eigenvalue weighted by Crippen LogP contribution is 2.18. The minimum absolute atomic E-state index is 0.0466. The van der Waals surface area contributed by atoms with Crippen LogP contribution < -0.4 is 5.32 Å². The Morgan fingerprint density at radius 3 is 2.18 bits per heavy atom. The molecule has 3 rings (SSSR count). The van der Waals surface area contributed by atoms with Gasteiger partial charge in [0.15, 0.2) is 0 Å². The number of aryl methyl sites for hydroxylation is 2. The highest BCUT2D eigenvalue weighted by atomic mass is 16.2. The van der Waals surface area contributed by atoms with E-state index in [1.54, 1.807) is 4.90 Å². The van der Waals surface area contributed by atoms with Crippen LogP contribution in [0.4, 0.5) is 0 Å². The number of hydrogen-bond acceptors (Lipinski definition) is 2. The minimum atomic E-state index is -0.587. The lowest BCUT2D eigenvalue weighted by Crippen LogP contribution is -2.51. The number of hydrogen-bond donors (Lipinski definition) is 1. The van der Waals surface area contributed by atoms with Crippen LogP contribution in [0.2, 0.25) is 0 Å². The molecule has 4 nitrogen and oxygen atoms in total. The Labute approximate surface area is 197 Å². The highest BCUT2D eigenvalue weighted by molar-refractivity contribution is 5.88. The number of nitrogens with zero attached hydrogens (tertiary/aromatic N) is 1. The zero-order valence-electron chi connectivity index (χ0n) is 19.9. The summed E-state index contributed by atoms with van der Waals surface area (Å²) in [6, 6.07) is 25.4. The van der Waals surface area contributed by atoms with Crippen molar-refractivity contribution in [2.75, 3.05) is 6.54 Å². The number of benzene rings is 3. The van der Waals surface area contributed by atoms with Gasteiger partial charge in [0.25, 0.3) is 0 Å². The lowest BCUT2D eigenvalue weighted by molar-refractivity contribution is -0.140. The Kier molecular flexibility index (Phi) is 8.82. The minimum Gasteiger partial charge on any atom is -0.354 e. The van der Waals surface area contributed by atoms with Crippen LogP contribution in [0.5, 0.6) is 0 Å². The topological polar surface area (TPSA) is 49.4 Å². The molecule has 0 spiro atoms. The first-order chi connectivity index (χ1) is 16.0. The molecule has 4 heteroatoms. The van der Waals surface area contributed by atoms with Gasteiger partial charge in [-0.3, -0.25) is 9.59 Å². The molecule has 0 bridgehead atoms. The summed E-state index contributed by atoms with van der Waals surface area (Å²) >= 11 is 0. The maximum Gasteiger partial charge on any atom is 0.243 e. The van der Waals surface area contributed by atoms with Crippen LogP contribution in [0.15, 0.2) is 78.9 Å². The molecule has 1 N–H and O–H groups in total. The van der Waals surface area contributed by atoms with E-state index in [1.165, 1.54) is 0 Å². The number of amides is 2. The van der Waals surface area contributed by atoms with Crippen LogP contribution in [0.25, 0.3) is 0 Å². The summed E-state index contributed by atoms with van der Waals surface area (Å²) in [6.07, 6.45) is 1.58. The highest BCUT2D eigenvalue weighted by Gasteiger charge is 2.30. The maximum absolute atomic E-state index is 13.7. The van der Waals surface area contributed by atoms with Gasteiger partial charge in [0.2, 0.25) is 11.8 Å². The quantitative estimate of drug-likeness (QED) is 0.480. The number of nitrogens with one attached hydrogen (secondary N) is 1. The third-order valence-electron chi connectivity index (χ3n) is 5.90. The SMILES string of the molecule is CCCNC(=O)[C@@H](Cc1ccccc1)N(Cc1ccccc1C)C(=O)Cc1ccc(C)cc1. The van der Waals surface area contributed by atoms with Gasteiger partial charge < -0.3 is 10.2 Å². The van der Waals surface area contributed by atoms with Gasteiger partial charge in [-0.05, 0) is 42.5 Å². The first-order valence-electron chi connectivity index (χ1n) is 11.7. The van der Waals surface area contributed by atoms with Crippen LogP contribution >= 0.6 is 0 Å². The smallest absolute Gasteiger partial charge is 0.243 e. The second-order valence-corrected chi connectivity index (χ2v) is 8.61. The van der Waals surface area contributed by atoms with Gasteiger partial charge in [-0.2, -0.15) is 0 Å². The molecule has 0 aliphatic carbocycles. The van der Waals surface area contributed by atoms with Gasteiger partial charge >= 0.3 is 0 Å². The second kappa shape index (κ2) is 12.0. The molecule has 3 aromatic rings. The predicted octanol–water partition coefficient (Wildman–Crippen LogP) is 5.01. The molecule has 0 aliphatic rings. The summed E-state index contributed by atoms with van der Waals surface area (Å²) in [5.74, 6) is -0.152. The van der Waals surface area contributed by atoms with Gasteiger partial charge in [-0.25, -0.2) is 0 Å². The van der Waals surface area contributed by atoms with Crippen molar-refractivity contribution in [3.8, 4) is 0 Å². The van der Waals surface area contributed by atoms with Crippen molar-refractivity contribution in [2.24, 2.45) is 0 Å². The fraction of sp³-hybridized carbons (Fsp3) is 0.310. The van der Waals surface area contributed by atoms with Crippen LogP contribution in [-0.4, -0.2) is 29.3 Å². The molecule has 0 radical (unpaired) electrons. The van der Waals surface area contributed by atoms with Gasteiger partial charge in [0.05, 0.1) is 6.42 Å². The zero-order chi connectivity index (χ0) is 23.6. The maximum atomic E-state index is 13.7. The predicted molar refractivity (Wildman–Crippen MR) is 134 cm³/mol. The molecule has 33 heavy (non-hydrogen) atoms. The first kappa shape index (κ1) is 24.2. The third kappa shape index (κ3) is 7.04. The summed E-state index contributed by atoms with van der Waals surface area (Å²) in [6.45, 7) is 7.09. The summed E-state index contributed by atoms with van der Waals surface area (Å²) < 4.78 is 0. The Hall–Kier alpha value is -3.40. The van der Waals surface area contributed by atoms with E-state index in [0.717, 1.165) is 34.2 Å². The van der Waals surface area contributed by atoms with E-state index >= 15 is 0 Å². The van der Waals surface area contributed by atoms with Crippen molar-refractivity contribution in [2.45, 2.75) is 52.6 Å². The standard InChI is InChI=1S/C29H34N2O2/c1-4-18-30-29(33)27(19-24-11-6-5-7-12-24)31(21-26-13-9-8-10-23(26)3)28(32)20-25-16-14-22(2)15-17-25/h5-17,27H,4,18-21H2,1-3H3,(H,30,33)/t27-/m1/s1. The largest absolute Gasteiger partial charge is 0.354 e. The molecule has 3 aromatic carbocycles. The van der Waals surface area contributed by atoms with Gasteiger partial charge in [0, 0.05) is 19.5 Å². The molecule has 172 valence electrons. The summed E-state index contributed by atoms with van der Waals surface area (Å²) in [7, 11) is 0. The summed E-state index contributed by atoms with van der Waals surface area (Å²) in [4.78, 5) is 28.8. The van der Waals surface area contributed by atoms with Crippen molar-refractivity contribution >= 4 is 11.8 Å². The molecule has 0 heterocycles. The van der Waals surface area contributed by atoms with Crippen molar-refractivity contribution in [1.82, 2.24) is 10.2 Å². The normalized spacial score (nSPS) is 11.6. The van der Waals surface area contributed by atoms with E-state index in [4.69, 9.17) is 0 Å². The van der Waals surface area contributed by atoms with E-state index in [2.05, 4.69) is 5.32 Å². The van der Waals surface area contributed by atoms with Crippen LogP contribution in [0.3, 0.4) is 0 Å². The van der Waals surface area contributed by atoms with E-state index in [-0.39, 0.29) is 18.2 Å². The van der Waals surface area contributed by atoms with Crippen molar-refractivity contribution < 1.29 is 9.59 Å². The molecule has 0 saturated heterocycles. The van der Waals surface area contributed by atoms with E-state index in [9.17, 15) is 9.59 Å². The van der Waals surface area contributed by atoms with Crippen LogP contribution in [-0.2, 0) is 29.0 Å². The number of carbonyl (C=O) groups excluding carboxylic acids is 2. The van der Waals surface area contributed by atoms with Crippen LogP contribution in [0.1, 0.15) is 41.2 Å². The Bertz CT molecular complexity index is 1040. The molecule has 0 unspecified atom stereocenters. The number of rotatable bonds is 10. The van der Waals surface area contributed by atoms with E-state index in [1.807, 2.05) is 99.6 Å². The molecule has 0 aromatic heterocycles. The van der Waals surface area contributed by atoms with Gasteiger partial charge in [-0.1, -0.05) is 91.3 Å². The average Bonchev–Trinajstić information content (AvgIpc) is 2.83. The molecular weight excluding hydrogens is 408 g/mol. The zero-order valence-corrected chi connectivity index (χ0v) is 19.9. The van der Waals surface area contributed by atoms with E-state index < -0.39 is 6.04 Å². The molecule has 2 amide bonds. The Balaban J connectivity index is 1.95. The summed E-state index contributed by atoms with van der Waals surface area (Å²) in [5.41, 5.74) is 5.30. The van der Waals surface area contributed by atoms with Gasteiger partial charge in [0.1, 0.15) is 6.04 Å². The lowest BCUT2D eigenvalue weighted by atomic mass is 10.00. The second-order valence-electron chi connectivity index (χ2n) is 8.61. The molecule has 0 fully saturated rings. The van der Waals surface area contributed by atoms with Crippen molar-refractivity contribution in [3.05, 3.63) is 107 Å². The average molecular weight is 443 g/mol. The Morgan fingerprint density at radius 2 is 1.52 bits per heavy atom. The fourth-order valence-electron chi connectivity index (χ4n) is 3.87. The molecular formula is C29H34N2O2. The summed E-state index contributed by atoms with van der Waals surface area (Å²) in [5, 5.41) is 3.03. The lowest BCUT2D eigenvalue weighted by Gasteiger charge is -2.32. The molecule has 1 atom stereocenters. The third-order valence-corrected chi connectivity index (χ3v) is 5.90. The van der Waals surface area contributed by atoms with Gasteiger partial charge in [-0.15, -0.1) is 0 Å². The monoisotopic (exact) mass is 442 g/mol.